The van der Waals surface area contributed by atoms with Crippen LogP contribution in [0.25, 0.3) is 16.2 Å². The van der Waals surface area contributed by atoms with Crippen LogP contribution >= 0.6 is 11.3 Å². The first-order valence-corrected chi connectivity index (χ1v) is 8.47. The highest BCUT2D eigenvalue weighted by atomic mass is 32.1. The molecule has 7 heteroatoms. The maximum absolute atomic E-state index is 12.9. The number of hydrogen-bond donors (Lipinski definition) is 0. The van der Waals surface area contributed by atoms with Gasteiger partial charge in [0.25, 0.3) is 5.19 Å². The third kappa shape index (κ3) is 3.18. The van der Waals surface area contributed by atoms with Gasteiger partial charge in [-0.2, -0.15) is 0 Å². The highest BCUT2D eigenvalue weighted by molar-refractivity contribution is 7.18. The van der Waals surface area contributed by atoms with Gasteiger partial charge in [-0.15, -0.1) is 5.10 Å². The number of anilines is 1. The Bertz CT molecular complexity index is 992. The highest BCUT2D eigenvalue weighted by Gasteiger charge is 2.12. The van der Waals surface area contributed by atoms with Crippen LogP contribution in [0.4, 0.5) is 10.1 Å². The SMILES string of the molecule is CN(C)c1cccc(-c2cn3nc(Oc4ccc(F)cc4)sc3n2)c1. The summed E-state index contributed by atoms with van der Waals surface area (Å²) < 4.78 is 20.3. The van der Waals surface area contributed by atoms with Crippen LogP contribution in [-0.4, -0.2) is 28.7 Å². The molecule has 126 valence electrons. The quantitative estimate of drug-likeness (QED) is 0.543. The molecular formula is C18H15FN4OS. The van der Waals surface area contributed by atoms with Crippen LogP contribution in [0.2, 0.25) is 0 Å². The Morgan fingerprint density at radius 2 is 1.92 bits per heavy atom. The zero-order chi connectivity index (χ0) is 17.4. The van der Waals surface area contributed by atoms with Gasteiger partial charge in [0, 0.05) is 25.3 Å². The smallest absolute Gasteiger partial charge is 0.299 e. The van der Waals surface area contributed by atoms with Crippen molar-refractivity contribution >= 4 is 22.0 Å². The predicted octanol–water partition coefficient (Wildman–Crippen LogP) is 4.46. The van der Waals surface area contributed by atoms with Crippen molar-refractivity contribution in [1.29, 1.82) is 0 Å². The highest BCUT2D eigenvalue weighted by Crippen LogP contribution is 2.30. The number of hydrogen-bond acceptors (Lipinski definition) is 5. The first kappa shape index (κ1) is 15.6. The molecule has 25 heavy (non-hydrogen) atoms. The molecule has 2 heterocycles. The van der Waals surface area contributed by atoms with E-state index in [9.17, 15) is 4.39 Å². The van der Waals surface area contributed by atoms with Crippen molar-refractivity contribution in [3.8, 4) is 22.2 Å². The van der Waals surface area contributed by atoms with Gasteiger partial charge < -0.3 is 9.64 Å². The number of ether oxygens (including phenoxy) is 1. The molecule has 0 fully saturated rings. The molecule has 2 aromatic heterocycles. The van der Waals surface area contributed by atoms with Gasteiger partial charge in [-0.3, -0.25) is 0 Å². The van der Waals surface area contributed by atoms with Crippen LogP contribution in [0.5, 0.6) is 10.9 Å². The Labute approximate surface area is 147 Å². The fourth-order valence-electron chi connectivity index (χ4n) is 2.41. The van der Waals surface area contributed by atoms with Gasteiger partial charge in [-0.05, 0) is 47.7 Å². The third-order valence-electron chi connectivity index (χ3n) is 3.70. The maximum atomic E-state index is 12.9. The molecule has 0 spiro atoms. The van der Waals surface area contributed by atoms with Gasteiger partial charge in [0.2, 0.25) is 4.96 Å². The van der Waals surface area contributed by atoms with Crippen LogP contribution in [0.1, 0.15) is 0 Å². The number of aromatic nitrogens is 3. The predicted molar refractivity (Wildman–Crippen MR) is 97.1 cm³/mol. The lowest BCUT2D eigenvalue weighted by molar-refractivity contribution is 0.468. The first-order chi connectivity index (χ1) is 12.1. The Hall–Kier alpha value is -2.93. The molecule has 4 aromatic rings. The second-order valence-electron chi connectivity index (χ2n) is 5.72. The van der Waals surface area contributed by atoms with Gasteiger partial charge in [0.05, 0.1) is 11.9 Å². The number of halogens is 1. The van der Waals surface area contributed by atoms with Crippen molar-refractivity contribution in [1.82, 2.24) is 14.6 Å². The minimum atomic E-state index is -0.300. The van der Waals surface area contributed by atoms with Crippen molar-refractivity contribution < 1.29 is 9.13 Å². The molecule has 0 saturated heterocycles. The van der Waals surface area contributed by atoms with Crippen LogP contribution < -0.4 is 9.64 Å². The van der Waals surface area contributed by atoms with Gasteiger partial charge in [0.15, 0.2) is 0 Å². The molecular weight excluding hydrogens is 339 g/mol. The number of benzene rings is 2. The molecule has 0 aliphatic carbocycles. The monoisotopic (exact) mass is 354 g/mol. The lowest BCUT2D eigenvalue weighted by Crippen LogP contribution is -2.08. The summed E-state index contributed by atoms with van der Waals surface area (Å²) in [6.45, 7) is 0. The number of imidazole rings is 1. The summed E-state index contributed by atoms with van der Waals surface area (Å²) in [5.74, 6) is 0.239. The average Bonchev–Trinajstić information content (AvgIpc) is 3.15. The van der Waals surface area contributed by atoms with E-state index in [-0.39, 0.29) is 5.82 Å². The van der Waals surface area contributed by atoms with E-state index in [2.05, 4.69) is 27.1 Å². The number of nitrogens with zero attached hydrogens (tertiary/aromatic N) is 4. The van der Waals surface area contributed by atoms with E-state index in [4.69, 9.17) is 4.74 Å². The Morgan fingerprint density at radius 3 is 2.64 bits per heavy atom. The molecule has 0 N–H and O–H groups in total. The van der Waals surface area contributed by atoms with Crippen molar-refractivity contribution in [3.63, 3.8) is 0 Å². The van der Waals surface area contributed by atoms with Gasteiger partial charge >= 0.3 is 0 Å². The average molecular weight is 354 g/mol. The van der Waals surface area contributed by atoms with Crippen molar-refractivity contribution in [2.45, 2.75) is 0 Å². The van der Waals surface area contributed by atoms with E-state index in [0.717, 1.165) is 21.9 Å². The van der Waals surface area contributed by atoms with E-state index in [1.165, 1.54) is 23.5 Å². The molecule has 0 aliphatic heterocycles. The van der Waals surface area contributed by atoms with Gasteiger partial charge in [-0.25, -0.2) is 13.9 Å². The van der Waals surface area contributed by atoms with E-state index in [1.54, 1.807) is 16.6 Å². The standard InChI is InChI=1S/C18H15FN4OS/c1-22(2)14-5-3-4-12(10-14)16-11-23-17(20-16)25-18(21-23)24-15-8-6-13(19)7-9-15/h3-11H,1-2H3. The maximum Gasteiger partial charge on any atom is 0.299 e. The molecule has 4 rings (SSSR count). The second kappa shape index (κ2) is 6.18. The van der Waals surface area contributed by atoms with Crippen molar-refractivity contribution in [2.24, 2.45) is 0 Å². The first-order valence-electron chi connectivity index (χ1n) is 7.66. The summed E-state index contributed by atoms with van der Waals surface area (Å²) in [5.41, 5.74) is 3.00. The summed E-state index contributed by atoms with van der Waals surface area (Å²) >= 11 is 1.34. The normalized spacial score (nSPS) is 11.0. The summed E-state index contributed by atoms with van der Waals surface area (Å²) in [7, 11) is 4.01. The lowest BCUT2D eigenvalue weighted by atomic mass is 10.1. The zero-order valence-corrected chi connectivity index (χ0v) is 14.5. The molecule has 0 atom stereocenters. The molecule has 2 aromatic carbocycles. The van der Waals surface area contributed by atoms with Crippen molar-refractivity contribution in [3.05, 3.63) is 60.5 Å². The summed E-state index contributed by atoms with van der Waals surface area (Å²) in [6, 6.07) is 14.0. The van der Waals surface area contributed by atoms with E-state index >= 15 is 0 Å². The van der Waals surface area contributed by atoms with Crippen LogP contribution in [0, 0.1) is 5.82 Å². The second-order valence-corrected chi connectivity index (χ2v) is 6.64. The molecule has 0 amide bonds. The molecule has 5 nitrogen and oxygen atoms in total. The Balaban J connectivity index is 1.61. The van der Waals surface area contributed by atoms with E-state index in [1.807, 2.05) is 32.4 Å². The Kier molecular flexibility index (Phi) is 3.85. The minimum Gasteiger partial charge on any atom is -0.430 e. The van der Waals surface area contributed by atoms with E-state index in [0.29, 0.717) is 10.9 Å². The largest absolute Gasteiger partial charge is 0.430 e. The minimum absolute atomic E-state index is 0.300. The van der Waals surface area contributed by atoms with Gasteiger partial charge in [-0.1, -0.05) is 12.1 Å². The van der Waals surface area contributed by atoms with Crippen LogP contribution in [-0.2, 0) is 0 Å². The fourth-order valence-corrected chi connectivity index (χ4v) is 3.16. The molecule has 0 unspecified atom stereocenters. The topological polar surface area (TPSA) is 42.7 Å². The van der Waals surface area contributed by atoms with Crippen molar-refractivity contribution in [2.75, 3.05) is 19.0 Å². The molecule has 0 aliphatic rings. The van der Waals surface area contributed by atoms with Crippen LogP contribution in [0.3, 0.4) is 0 Å². The van der Waals surface area contributed by atoms with Crippen LogP contribution in [0.15, 0.2) is 54.7 Å². The van der Waals surface area contributed by atoms with E-state index < -0.39 is 0 Å². The molecule has 0 bridgehead atoms. The Morgan fingerprint density at radius 1 is 1.12 bits per heavy atom. The number of rotatable bonds is 4. The zero-order valence-electron chi connectivity index (χ0n) is 13.7. The lowest BCUT2D eigenvalue weighted by Gasteiger charge is -2.12. The third-order valence-corrected chi connectivity index (χ3v) is 4.50. The fraction of sp³-hybridized carbons (Fsp3) is 0.111. The summed E-state index contributed by atoms with van der Waals surface area (Å²) in [6.07, 6.45) is 1.87. The summed E-state index contributed by atoms with van der Waals surface area (Å²) in [5, 5.41) is 4.84. The molecule has 0 saturated carbocycles. The number of fused-ring (bicyclic) bond motifs is 1. The molecule has 0 radical (unpaired) electrons. The summed E-state index contributed by atoms with van der Waals surface area (Å²) in [4.78, 5) is 7.41. The van der Waals surface area contributed by atoms with Gasteiger partial charge in [0.1, 0.15) is 11.6 Å².